The highest BCUT2D eigenvalue weighted by molar-refractivity contribution is 8.09. The highest BCUT2D eigenvalue weighted by Crippen LogP contribution is 2.54. The first-order valence-electron chi connectivity index (χ1n) is 11.6. The number of carbonyl (C=O) groups is 1. The zero-order chi connectivity index (χ0) is 30.0. The van der Waals surface area contributed by atoms with Crippen molar-refractivity contribution in [3.63, 3.8) is 0 Å². The number of nitrogens with one attached hydrogen (secondary N) is 1. The van der Waals surface area contributed by atoms with Crippen LogP contribution in [0.1, 0.15) is 27.0 Å². The van der Waals surface area contributed by atoms with Gasteiger partial charge in [0.05, 0.1) is 17.7 Å². The van der Waals surface area contributed by atoms with E-state index in [1.165, 1.54) is 19.1 Å². The number of hydrogen-bond acceptors (Lipinski definition) is 10. The fraction of sp³-hybridized carbons (Fsp3) is 0.500. The number of nitrogens with zero attached hydrogens (tertiary/aromatic N) is 2. The van der Waals surface area contributed by atoms with Gasteiger partial charge in [-0.05, 0) is 44.7 Å². The van der Waals surface area contributed by atoms with Crippen LogP contribution in [0.25, 0.3) is 0 Å². The molecule has 0 amide bonds. The summed E-state index contributed by atoms with van der Waals surface area (Å²) in [7, 11) is 0. The first-order chi connectivity index (χ1) is 18.5. The Morgan fingerprint density at radius 2 is 1.95 bits per heavy atom. The molecular formula is C22H26ClF4N4O7PS. The van der Waals surface area contributed by atoms with Crippen LogP contribution >= 0.6 is 18.2 Å². The lowest BCUT2D eigenvalue weighted by molar-refractivity contribution is -0.241. The number of anilines is 1. The summed E-state index contributed by atoms with van der Waals surface area (Å²) in [6.45, 7) is -1.24. The molecule has 1 aromatic heterocycles. The van der Waals surface area contributed by atoms with Crippen molar-refractivity contribution < 1.29 is 46.0 Å². The second-order valence-corrected chi connectivity index (χ2v) is 12.5. The lowest BCUT2D eigenvalue weighted by Gasteiger charge is -2.35. The molecule has 11 nitrogen and oxygen atoms in total. The van der Waals surface area contributed by atoms with E-state index in [2.05, 4.69) is 10.1 Å². The fourth-order valence-electron chi connectivity index (χ4n) is 3.54. The molecule has 2 heterocycles. The molecule has 2 aromatic rings. The second kappa shape index (κ2) is 12.3. The Morgan fingerprint density at radius 3 is 2.52 bits per heavy atom. The zero-order valence-corrected chi connectivity index (χ0v) is 23.6. The van der Waals surface area contributed by atoms with Crippen molar-refractivity contribution in [1.29, 1.82) is 0 Å². The highest BCUT2D eigenvalue weighted by atomic mass is 35.5. The number of aliphatic hydroxyl groups excluding tert-OH is 1. The number of hydrogen-bond donors (Lipinski definition) is 3. The van der Waals surface area contributed by atoms with Crippen LogP contribution in [0.3, 0.4) is 0 Å². The largest absolute Gasteiger partial charge is 0.462 e. The number of esters is 1. The Kier molecular flexibility index (Phi) is 9.87. The van der Waals surface area contributed by atoms with E-state index in [9.17, 15) is 23.5 Å². The van der Waals surface area contributed by atoms with Crippen LogP contribution in [-0.4, -0.2) is 63.4 Å². The molecule has 4 N–H and O–H groups in total. The summed E-state index contributed by atoms with van der Waals surface area (Å²) in [5.41, 5.74) is 0.278. The van der Waals surface area contributed by atoms with Gasteiger partial charge in [-0.15, -0.1) is 0 Å². The maximum Gasteiger partial charge on any atom is 0.351 e. The summed E-state index contributed by atoms with van der Waals surface area (Å²) in [6.07, 6.45) is -9.14. The zero-order valence-electron chi connectivity index (χ0n) is 21.2. The summed E-state index contributed by atoms with van der Waals surface area (Å²) in [6, 6.07) is 6.36. The summed E-state index contributed by atoms with van der Waals surface area (Å²) in [4.78, 5) is 27.9. The van der Waals surface area contributed by atoms with Gasteiger partial charge in [0.15, 0.2) is 12.3 Å². The molecule has 0 aliphatic carbocycles. The molecule has 0 spiro atoms. The van der Waals surface area contributed by atoms with Gasteiger partial charge in [-0.3, -0.25) is 9.36 Å². The van der Waals surface area contributed by atoms with Crippen molar-refractivity contribution in [2.45, 2.75) is 63.2 Å². The molecule has 1 aliphatic rings. The number of nitrogens with two attached hydrogens (primary N) is 1. The third-order valence-corrected chi connectivity index (χ3v) is 8.34. The standard InChI is InChI=1S/C22H26ClF4N4O7PS/c1-11(2)36-18(33)12(3)30-39(40,38-13-7-5-4-6-8-13)35-10-21(19(24)25)22(26,27)15(32)17(37-21)31-9-14(23)16(28)29-20(31)34/h4-9,11-12,15,17,19,32H,10H2,1-3H3,(H,30,40)(H2,28,29,34). The number of ether oxygens (including phenoxy) is 2. The average molecular weight is 633 g/mol. The lowest BCUT2D eigenvalue weighted by atomic mass is 9.95. The fourth-order valence-corrected chi connectivity index (χ4v) is 6.10. The van der Waals surface area contributed by atoms with E-state index in [0.717, 1.165) is 0 Å². The van der Waals surface area contributed by atoms with Crippen LogP contribution in [-0.2, 0) is 30.6 Å². The van der Waals surface area contributed by atoms with Gasteiger partial charge in [-0.2, -0.15) is 13.8 Å². The molecule has 0 saturated carbocycles. The number of nitrogen functional groups attached to an aromatic ring is 1. The second-order valence-electron chi connectivity index (χ2n) is 8.94. The van der Waals surface area contributed by atoms with Gasteiger partial charge in [-0.25, -0.2) is 18.7 Å². The normalized spacial score (nSPS) is 24.6. The van der Waals surface area contributed by atoms with Crippen LogP contribution in [0, 0.1) is 0 Å². The van der Waals surface area contributed by atoms with Gasteiger partial charge >= 0.3 is 24.2 Å². The van der Waals surface area contributed by atoms with Crippen molar-refractivity contribution in [2.75, 3.05) is 12.3 Å². The smallest absolute Gasteiger partial charge is 0.351 e. The van der Waals surface area contributed by atoms with Crippen LogP contribution in [0.4, 0.5) is 23.4 Å². The number of para-hydroxylation sites is 1. The molecule has 1 aromatic carbocycles. The van der Waals surface area contributed by atoms with Crippen LogP contribution in [0.2, 0.25) is 5.02 Å². The molecule has 5 atom stereocenters. The van der Waals surface area contributed by atoms with Gasteiger partial charge in [0.1, 0.15) is 17.6 Å². The Balaban J connectivity index is 1.97. The van der Waals surface area contributed by atoms with E-state index in [1.54, 1.807) is 32.0 Å². The topological polar surface area (TPSA) is 147 Å². The lowest BCUT2D eigenvalue weighted by Crippen LogP contribution is -2.57. The predicted molar refractivity (Wildman–Crippen MR) is 139 cm³/mol. The van der Waals surface area contributed by atoms with Crippen LogP contribution in [0.15, 0.2) is 41.3 Å². The van der Waals surface area contributed by atoms with Crippen molar-refractivity contribution >= 4 is 41.8 Å². The molecule has 1 aliphatic heterocycles. The molecule has 0 radical (unpaired) electrons. The van der Waals surface area contributed by atoms with Crippen molar-refractivity contribution in [1.82, 2.24) is 14.6 Å². The third-order valence-electron chi connectivity index (χ3n) is 5.57. The SMILES string of the molecule is CC(C)OC(=O)C(C)NP(=S)(OCC1(C(F)F)OC(n2cc(Cl)c(N)nc2=O)C(O)C1(F)F)Oc1ccccc1. The van der Waals surface area contributed by atoms with E-state index in [0.29, 0.717) is 10.8 Å². The monoisotopic (exact) mass is 632 g/mol. The molecule has 40 heavy (non-hydrogen) atoms. The molecule has 0 bridgehead atoms. The molecular weight excluding hydrogens is 607 g/mol. The molecule has 5 unspecified atom stereocenters. The molecule has 1 fully saturated rings. The minimum atomic E-state index is -4.71. The number of benzene rings is 1. The third kappa shape index (κ3) is 6.59. The Hall–Kier alpha value is -2.33. The number of aliphatic hydroxyl groups is 1. The Morgan fingerprint density at radius 1 is 1.32 bits per heavy atom. The van der Waals surface area contributed by atoms with E-state index < -0.39 is 73.2 Å². The van der Waals surface area contributed by atoms with Gasteiger partial charge in [0, 0.05) is 6.20 Å². The van der Waals surface area contributed by atoms with Gasteiger partial charge in [-0.1, -0.05) is 29.8 Å². The molecule has 222 valence electrons. The van der Waals surface area contributed by atoms with Crippen LogP contribution in [0.5, 0.6) is 5.75 Å². The molecule has 1 saturated heterocycles. The Labute approximate surface area is 235 Å². The van der Waals surface area contributed by atoms with E-state index >= 15 is 8.78 Å². The summed E-state index contributed by atoms with van der Waals surface area (Å²) in [5.74, 6) is -5.91. The van der Waals surface area contributed by atoms with Crippen molar-refractivity contribution in [3.8, 4) is 5.75 Å². The summed E-state index contributed by atoms with van der Waals surface area (Å²) in [5, 5.41) is 12.5. The van der Waals surface area contributed by atoms with Gasteiger partial charge < -0.3 is 29.4 Å². The van der Waals surface area contributed by atoms with E-state index in [1.807, 2.05) is 0 Å². The summed E-state index contributed by atoms with van der Waals surface area (Å²) < 4.78 is 81.1. The predicted octanol–water partition coefficient (Wildman–Crippen LogP) is 3.26. The van der Waals surface area contributed by atoms with Gasteiger partial charge in [0.25, 0.3) is 6.43 Å². The highest BCUT2D eigenvalue weighted by Gasteiger charge is 2.74. The quantitative estimate of drug-likeness (QED) is 0.191. The van der Waals surface area contributed by atoms with E-state index in [4.69, 9.17) is 47.7 Å². The van der Waals surface area contributed by atoms with Crippen LogP contribution < -0.4 is 21.0 Å². The van der Waals surface area contributed by atoms with Crippen molar-refractivity contribution in [3.05, 3.63) is 52.0 Å². The number of aromatic nitrogens is 2. The minimum absolute atomic E-state index is 0.0695. The van der Waals surface area contributed by atoms with Crippen molar-refractivity contribution in [2.24, 2.45) is 0 Å². The molecule has 18 heteroatoms. The maximum absolute atomic E-state index is 15.4. The minimum Gasteiger partial charge on any atom is -0.462 e. The average Bonchev–Trinajstić information content (AvgIpc) is 3.06. The number of alkyl halides is 4. The first-order valence-corrected chi connectivity index (χ1v) is 14.6. The van der Waals surface area contributed by atoms with Gasteiger partial charge in [0.2, 0.25) is 5.60 Å². The Bertz CT molecular complexity index is 1330. The summed E-state index contributed by atoms with van der Waals surface area (Å²) >= 11 is 11.2. The van der Waals surface area contributed by atoms with E-state index in [-0.39, 0.29) is 10.8 Å². The first kappa shape index (κ1) is 32.2. The number of carbonyl (C=O) groups excluding carboxylic acids is 1. The number of rotatable bonds is 11. The molecule has 3 rings (SSSR count). The maximum atomic E-state index is 15.4. The number of halogens is 5.